The van der Waals surface area contributed by atoms with Gasteiger partial charge in [0.25, 0.3) is 0 Å². The molecule has 1 aliphatic rings. The molecule has 2 aromatic rings. The minimum atomic E-state index is 0.419. The molecule has 1 fully saturated rings. The monoisotopic (exact) mass is 203 g/mol. The van der Waals surface area contributed by atoms with Crippen LogP contribution in [-0.2, 0) is 0 Å². The van der Waals surface area contributed by atoms with Gasteiger partial charge in [-0.3, -0.25) is 0 Å². The molecular weight excluding hydrogens is 190 g/mol. The number of furan rings is 1. The number of H-pyrrole nitrogens is 1. The van der Waals surface area contributed by atoms with Crippen molar-refractivity contribution in [1.82, 2.24) is 9.97 Å². The van der Waals surface area contributed by atoms with E-state index < -0.39 is 0 Å². The largest absolute Gasteiger partial charge is 0.459 e. The van der Waals surface area contributed by atoms with Crippen LogP contribution in [0.2, 0.25) is 0 Å². The molecule has 15 heavy (non-hydrogen) atoms. The number of nitrogen functional groups attached to an aromatic ring is 1. The molecule has 0 bridgehead atoms. The van der Waals surface area contributed by atoms with Gasteiger partial charge in [-0.25, -0.2) is 4.98 Å². The Labute approximate surface area is 87.5 Å². The lowest BCUT2D eigenvalue weighted by Crippen LogP contribution is -1.85. The summed E-state index contributed by atoms with van der Waals surface area (Å²) in [6.07, 6.45) is 2.92. The Hall–Kier alpha value is -1.71. The van der Waals surface area contributed by atoms with Crippen molar-refractivity contribution < 1.29 is 4.42 Å². The fraction of sp³-hybridized carbons (Fsp3) is 0.364. The lowest BCUT2D eigenvalue weighted by molar-refractivity contribution is 0.517. The zero-order chi connectivity index (χ0) is 10.4. The van der Waals surface area contributed by atoms with Gasteiger partial charge in [-0.2, -0.15) is 0 Å². The molecule has 0 radical (unpaired) electrons. The summed E-state index contributed by atoms with van der Waals surface area (Å²) >= 11 is 0. The molecule has 3 rings (SSSR count). The maximum Gasteiger partial charge on any atom is 0.197 e. The van der Waals surface area contributed by atoms with E-state index >= 15 is 0 Å². The molecule has 4 nitrogen and oxygen atoms in total. The van der Waals surface area contributed by atoms with Crippen molar-refractivity contribution in [2.75, 3.05) is 5.73 Å². The van der Waals surface area contributed by atoms with E-state index in [2.05, 4.69) is 16.9 Å². The van der Waals surface area contributed by atoms with E-state index in [-0.39, 0.29) is 0 Å². The molecule has 0 aromatic carbocycles. The smallest absolute Gasteiger partial charge is 0.197 e. The van der Waals surface area contributed by atoms with Gasteiger partial charge < -0.3 is 15.1 Å². The fourth-order valence-electron chi connectivity index (χ4n) is 1.88. The van der Waals surface area contributed by atoms with Crippen LogP contribution in [0.4, 0.5) is 5.95 Å². The van der Waals surface area contributed by atoms with Gasteiger partial charge in [0, 0.05) is 5.92 Å². The van der Waals surface area contributed by atoms with Gasteiger partial charge in [0.05, 0.1) is 6.20 Å². The van der Waals surface area contributed by atoms with Gasteiger partial charge in [0.15, 0.2) is 11.7 Å². The van der Waals surface area contributed by atoms with Gasteiger partial charge in [-0.05, 0) is 24.5 Å². The molecule has 4 heteroatoms. The number of hydrogen-bond acceptors (Lipinski definition) is 3. The molecular formula is C11H13N3O. The zero-order valence-electron chi connectivity index (χ0n) is 8.53. The third-order valence-electron chi connectivity index (χ3n) is 2.96. The predicted molar refractivity (Wildman–Crippen MR) is 57.2 cm³/mol. The van der Waals surface area contributed by atoms with Crippen LogP contribution in [0.15, 0.2) is 22.7 Å². The number of rotatable bonds is 2. The quantitative estimate of drug-likeness (QED) is 0.787. The number of aromatic amines is 1. The standard InChI is InChI=1S/C11H13N3O/c1-6-4-7(6)9-2-3-10(15-9)8-5-13-11(12)14-8/h2-3,5-7H,4H2,1H3,(H3,12,13,14). The molecule has 2 atom stereocenters. The van der Waals surface area contributed by atoms with E-state index in [1.54, 1.807) is 6.20 Å². The van der Waals surface area contributed by atoms with E-state index in [1.165, 1.54) is 6.42 Å². The lowest BCUT2D eigenvalue weighted by atomic mass is 10.3. The zero-order valence-corrected chi connectivity index (χ0v) is 8.53. The maximum atomic E-state index is 5.75. The molecule has 1 saturated carbocycles. The van der Waals surface area contributed by atoms with E-state index in [0.717, 1.165) is 23.1 Å². The highest BCUT2D eigenvalue weighted by molar-refractivity contribution is 5.53. The maximum absolute atomic E-state index is 5.75. The van der Waals surface area contributed by atoms with Crippen LogP contribution in [0.1, 0.15) is 25.0 Å². The van der Waals surface area contributed by atoms with Crippen LogP contribution >= 0.6 is 0 Å². The van der Waals surface area contributed by atoms with Crippen molar-refractivity contribution in [1.29, 1.82) is 0 Å². The number of hydrogen-bond donors (Lipinski definition) is 2. The number of imidazole rings is 1. The Kier molecular flexibility index (Phi) is 1.65. The summed E-state index contributed by atoms with van der Waals surface area (Å²) in [5.41, 5.74) is 6.35. The second-order valence-corrected chi connectivity index (χ2v) is 4.20. The van der Waals surface area contributed by atoms with E-state index in [0.29, 0.717) is 11.9 Å². The number of nitrogens with one attached hydrogen (secondary N) is 1. The number of nitrogens with zero attached hydrogens (tertiary/aromatic N) is 1. The summed E-state index contributed by atoms with van der Waals surface area (Å²) in [6.45, 7) is 2.24. The summed E-state index contributed by atoms with van der Waals surface area (Å²) in [5.74, 6) is 3.68. The van der Waals surface area contributed by atoms with Crippen LogP contribution in [0, 0.1) is 5.92 Å². The second kappa shape index (κ2) is 2.89. The van der Waals surface area contributed by atoms with Gasteiger partial charge >= 0.3 is 0 Å². The summed E-state index contributed by atoms with van der Waals surface area (Å²) in [7, 11) is 0. The average molecular weight is 203 g/mol. The Bertz CT molecular complexity index is 485. The molecule has 0 aliphatic heterocycles. The summed E-state index contributed by atoms with van der Waals surface area (Å²) in [6, 6.07) is 4.01. The normalized spacial score (nSPS) is 24.3. The average Bonchev–Trinajstić information content (AvgIpc) is 2.71. The molecule has 0 spiro atoms. The van der Waals surface area contributed by atoms with E-state index in [4.69, 9.17) is 10.2 Å². The Morgan fingerprint density at radius 2 is 2.33 bits per heavy atom. The van der Waals surface area contributed by atoms with Crippen molar-refractivity contribution in [3.05, 3.63) is 24.1 Å². The van der Waals surface area contributed by atoms with Crippen LogP contribution in [0.3, 0.4) is 0 Å². The summed E-state index contributed by atoms with van der Waals surface area (Å²) < 4.78 is 5.75. The number of aromatic nitrogens is 2. The third kappa shape index (κ3) is 1.42. The third-order valence-corrected chi connectivity index (χ3v) is 2.96. The molecule has 2 aromatic heterocycles. The van der Waals surface area contributed by atoms with Gasteiger partial charge in [-0.1, -0.05) is 6.92 Å². The minimum Gasteiger partial charge on any atom is -0.459 e. The Morgan fingerprint density at radius 1 is 1.53 bits per heavy atom. The van der Waals surface area contributed by atoms with Crippen LogP contribution in [0.5, 0.6) is 0 Å². The predicted octanol–water partition coefficient (Wildman–Crippen LogP) is 2.38. The molecule has 0 amide bonds. The molecule has 1 aliphatic carbocycles. The molecule has 2 heterocycles. The van der Waals surface area contributed by atoms with Crippen molar-refractivity contribution in [3.8, 4) is 11.5 Å². The minimum absolute atomic E-state index is 0.419. The van der Waals surface area contributed by atoms with Crippen molar-refractivity contribution in [3.63, 3.8) is 0 Å². The number of nitrogens with two attached hydrogens (primary N) is 1. The SMILES string of the molecule is CC1CC1c1ccc(-c2cnc(N)[nH]2)o1. The molecule has 78 valence electrons. The first-order valence-corrected chi connectivity index (χ1v) is 5.14. The van der Waals surface area contributed by atoms with Gasteiger partial charge in [0.2, 0.25) is 0 Å². The van der Waals surface area contributed by atoms with Gasteiger partial charge in [-0.15, -0.1) is 0 Å². The fourth-order valence-corrected chi connectivity index (χ4v) is 1.88. The molecule has 0 saturated heterocycles. The van der Waals surface area contributed by atoms with Crippen LogP contribution in [-0.4, -0.2) is 9.97 Å². The first-order valence-electron chi connectivity index (χ1n) is 5.14. The lowest BCUT2D eigenvalue weighted by Gasteiger charge is -1.92. The highest BCUT2D eigenvalue weighted by Crippen LogP contribution is 2.47. The Balaban J connectivity index is 1.90. The Morgan fingerprint density at radius 3 is 2.93 bits per heavy atom. The first-order chi connectivity index (χ1) is 7.24. The second-order valence-electron chi connectivity index (χ2n) is 4.20. The van der Waals surface area contributed by atoms with Crippen molar-refractivity contribution >= 4 is 5.95 Å². The van der Waals surface area contributed by atoms with Gasteiger partial charge in [0.1, 0.15) is 11.5 Å². The highest BCUT2D eigenvalue weighted by Gasteiger charge is 2.36. The summed E-state index contributed by atoms with van der Waals surface area (Å²) in [4.78, 5) is 6.89. The van der Waals surface area contributed by atoms with E-state index in [1.807, 2.05) is 12.1 Å². The van der Waals surface area contributed by atoms with Crippen molar-refractivity contribution in [2.24, 2.45) is 5.92 Å². The molecule has 3 N–H and O–H groups in total. The number of anilines is 1. The highest BCUT2D eigenvalue weighted by atomic mass is 16.3. The van der Waals surface area contributed by atoms with E-state index in [9.17, 15) is 0 Å². The topological polar surface area (TPSA) is 67.8 Å². The molecule has 2 unspecified atom stereocenters. The van der Waals surface area contributed by atoms with Crippen LogP contribution < -0.4 is 5.73 Å². The first kappa shape index (κ1) is 8.59. The van der Waals surface area contributed by atoms with Crippen molar-refractivity contribution in [2.45, 2.75) is 19.3 Å². The van der Waals surface area contributed by atoms with Crippen LogP contribution in [0.25, 0.3) is 11.5 Å². The summed E-state index contributed by atoms with van der Waals surface area (Å²) in [5, 5.41) is 0.